The van der Waals surface area contributed by atoms with Gasteiger partial charge in [-0.1, -0.05) is 79.9 Å². The minimum absolute atomic E-state index is 0.0182. The molecule has 1 amide bonds. The first-order valence-electron chi connectivity index (χ1n) is 15.2. The highest BCUT2D eigenvalue weighted by Crippen LogP contribution is 2.38. The lowest BCUT2D eigenvalue weighted by atomic mass is 9.99. The number of hydrogen-bond acceptors (Lipinski definition) is 6. The Bertz CT molecular complexity index is 1320. The molecule has 222 valence electrons. The molecule has 3 aromatic rings. The molecular formula is C35H42N2O5. The van der Waals surface area contributed by atoms with Crippen LogP contribution in [-0.4, -0.2) is 47.4 Å². The second-order valence-electron chi connectivity index (χ2n) is 11.5. The minimum Gasteiger partial charge on any atom is -0.392 e. The number of Topliss-reactive ketones (excluding diaryl/α,β-unsaturated/α-hetero) is 1. The molecule has 2 aliphatic heterocycles. The molecule has 0 aliphatic carbocycles. The first-order chi connectivity index (χ1) is 20.5. The summed E-state index contributed by atoms with van der Waals surface area (Å²) in [4.78, 5) is 26.9. The molecule has 2 saturated heterocycles. The Labute approximate surface area is 248 Å². The number of rotatable bonds is 9. The Morgan fingerprint density at radius 3 is 2.21 bits per heavy atom. The molecule has 0 radical (unpaired) electrons. The number of carbonyl (C=O) groups is 2. The average Bonchev–Trinajstić information content (AvgIpc) is 2.99. The van der Waals surface area contributed by atoms with Crippen molar-refractivity contribution in [3.8, 4) is 0 Å². The van der Waals surface area contributed by atoms with E-state index in [4.69, 9.17) is 9.47 Å². The average molecular weight is 571 g/mol. The van der Waals surface area contributed by atoms with E-state index in [0.29, 0.717) is 11.3 Å². The predicted octanol–water partition coefficient (Wildman–Crippen LogP) is 6.37. The minimum atomic E-state index is -0.516. The molecule has 2 fully saturated rings. The molecule has 7 heteroatoms. The van der Waals surface area contributed by atoms with Crippen LogP contribution in [0.1, 0.15) is 90.5 Å². The molecule has 1 unspecified atom stereocenters. The summed E-state index contributed by atoms with van der Waals surface area (Å²) in [6.07, 6.45) is 6.77. The van der Waals surface area contributed by atoms with Crippen molar-refractivity contribution in [3.05, 3.63) is 101 Å². The standard InChI is InChI=1S/C35H42N2O5/c1-25(39)30-8-7-9-31(21-30)36-34(40)20-26-10-16-29(17-11-26)35-41-32(23-37-18-5-3-2-4-6-19-37)22-33(42-35)28-14-12-27(24-38)13-15-28/h7-17,21,32-33,35,38H,2-6,18-20,22-24H2,1H3,(H,36,40)/t32-,33+,35?/m0/s1. The lowest BCUT2D eigenvalue weighted by molar-refractivity contribution is -0.253. The number of ketones is 1. The van der Waals surface area contributed by atoms with Crippen molar-refractivity contribution < 1.29 is 24.2 Å². The number of benzene rings is 3. The van der Waals surface area contributed by atoms with Gasteiger partial charge in [-0.2, -0.15) is 0 Å². The molecule has 0 saturated carbocycles. The number of aliphatic hydroxyl groups excluding tert-OH is 1. The lowest BCUT2D eigenvalue weighted by Crippen LogP contribution is -2.40. The van der Waals surface area contributed by atoms with E-state index in [-0.39, 0.29) is 36.9 Å². The van der Waals surface area contributed by atoms with E-state index in [1.54, 1.807) is 24.3 Å². The van der Waals surface area contributed by atoms with E-state index in [2.05, 4.69) is 10.2 Å². The molecule has 3 atom stereocenters. The number of likely N-dealkylation sites (tertiary alicyclic amines) is 1. The molecule has 0 bridgehead atoms. The van der Waals surface area contributed by atoms with Crippen LogP contribution in [0.4, 0.5) is 5.69 Å². The third-order valence-corrected chi connectivity index (χ3v) is 8.19. The smallest absolute Gasteiger partial charge is 0.228 e. The van der Waals surface area contributed by atoms with Crippen LogP contribution >= 0.6 is 0 Å². The fraction of sp³-hybridized carbons (Fsp3) is 0.429. The van der Waals surface area contributed by atoms with Crippen LogP contribution in [0.5, 0.6) is 0 Å². The van der Waals surface area contributed by atoms with Gasteiger partial charge in [-0.05, 0) is 61.7 Å². The van der Waals surface area contributed by atoms with Crippen molar-refractivity contribution in [2.45, 2.75) is 77.0 Å². The Hall–Kier alpha value is -3.36. The van der Waals surface area contributed by atoms with E-state index >= 15 is 0 Å². The molecular weight excluding hydrogens is 528 g/mol. The topological polar surface area (TPSA) is 88.1 Å². The van der Waals surface area contributed by atoms with Gasteiger partial charge < -0.3 is 24.8 Å². The van der Waals surface area contributed by atoms with Gasteiger partial charge in [-0.25, -0.2) is 0 Å². The highest BCUT2D eigenvalue weighted by molar-refractivity contribution is 5.97. The zero-order valence-electron chi connectivity index (χ0n) is 24.5. The first kappa shape index (κ1) is 30.1. The van der Waals surface area contributed by atoms with Crippen LogP contribution in [0.2, 0.25) is 0 Å². The van der Waals surface area contributed by atoms with Gasteiger partial charge in [0.25, 0.3) is 0 Å². The summed E-state index contributed by atoms with van der Waals surface area (Å²) in [6.45, 7) is 4.63. The number of anilines is 1. The Morgan fingerprint density at radius 2 is 1.52 bits per heavy atom. The highest BCUT2D eigenvalue weighted by atomic mass is 16.7. The van der Waals surface area contributed by atoms with Crippen LogP contribution in [0.3, 0.4) is 0 Å². The lowest BCUT2D eigenvalue weighted by Gasteiger charge is -2.38. The molecule has 42 heavy (non-hydrogen) atoms. The maximum Gasteiger partial charge on any atom is 0.228 e. The van der Waals surface area contributed by atoms with Gasteiger partial charge in [0, 0.05) is 29.8 Å². The number of nitrogens with one attached hydrogen (secondary N) is 1. The molecule has 2 heterocycles. The van der Waals surface area contributed by atoms with Gasteiger partial charge in [-0.3, -0.25) is 9.59 Å². The number of amides is 1. The van der Waals surface area contributed by atoms with Crippen LogP contribution in [0.25, 0.3) is 0 Å². The SMILES string of the molecule is CC(=O)c1cccc(NC(=O)Cc2ccc(C3O[C@H](CN4CCCCCCC4)C[C@H](c4ccc(CO)cc4)O3)cc2)c1. The number of ether oxygens (including phenoxy) is 2. The first-order valence-corrected chi connectivity index (χ1v) is 15.2. The van der Waals surface area contributed by atoms with E-state index in [1.807, 2.05) is 48.5 Å². The van der Waals surface area contributed by atoms with E-state index in [9.17, 15) is 14.7 Å². The second kappa shape index (κ2) is 14.7. The predicted molar refractivity (Wildman–Crippen MR) is 163 cm³/mol. The summed E-state index contributed by atoms with van der Waals surface area (Å²) in [5.74, 6) is -0.185. The van der Waals surface area contributed by atoms with Crippen molar-refractivity contribution in [1.82, 2.24) is 4.90 Å². The summed E-state index contributed by atoms with van der Waals surface area (Å²) >= 11 is 0. The monoisotopic (exact) mass is 570 g/mol. The Kier molecular flexibility index (Phi) is 10.5. The summed E-state index contributed by atoms with van der Waals surface area (Å²) < 4.78 is 13.1. The maximum atomic E-state index is 12.7. The molecule has 3 aromatic carbocycles. The third kappa shape index (κ3) is 8.35. The second-order valence-corrected chi connectivity index (χ2v) is 11.5. The molecule has 7 nitrogen and oxygen atoms in total. The largest absolute Gasteiger partial charge is 0.392 e. The number of hydrogen-bond donors (Lipinski definition) is 2. The fourth-order valence-electron chi connectivity index (χ4n) is 5.82. The summed E-state index contributed by atoms with van der Waals surface area (Å²) in [7, 11) is 0. The zero-order chi connectivity index (χ0) is 29.3. The van der Waals surface area contributed by atoms with Crippen LogP contribution < -0.4 is 5.32 Å². The van der Waals surface area contributed by atoms with Gasteiger partial charge >= 0.3 is 0 Å². The fourth-order valence-corrected chi connectivity index (χ4v) is 5.82. The number of carbonyl (C=O) groups excluding carboxylic acids is 2. The van der Waals surface area contributed by atoms with Crippen molar-refractivity contribution in [1.29, 1.82) is 0 Å². The third-order valence-electron chi connectivity index (χ3n) is 8.19. The quantitative estimate of drug-likeness (QED) is 0.291. The molecule has 2 N–H and O–H groups in total. The van der Waals surface area contributed by atoms with E-state index < -0.39 is 6.29 Å². The van der Waals surface area contributed by atoms with E-state index in [1.165, 1.54) is 39.0 Å². The van der Waals surface area contributed by atoms with Crippen LogP contribution in [0, 0.1) is 0 Å². The summed E-state index contributed by atoms with van der Waals surface area (Å²) in [5.41, 5.74) is 4.94. The number of aliphatic hydroxyl groups is 1. The van der Waals surface area contributed by atoms with Gasteiger partial charge in [0.05, 0.1) is 25.2 Å². The zero-order valence-corrected chi connectivity index (χ0v) is 24.5. The highest BCUT2D eigenvalue weighted by Gasteiger charge is 2.33. The Morgan fingerprint density at radius 1 is 0.857 bits per heavy atom. The van der Waals surface area contributed by atoms with Gasteiger partial charge in [0.1, 0.15) is 0 Å². The van der Waals surface area contributed by atoms with Crippen molar-refractivity contribution in [3.63, 3.8) is 0 Å². The van der Waals surface area contributed by atoms with Gasteiger partial charge in [0.2, 0.25) is 5.91 Å². The molecule has 0 aromatic heterocycles. The van der Waals surface area contributed by atoms with Crippen molar-refractivity contribution in [2.24, 2.45) is 0 Å². The molecule has 2 aliphatic rings. The molecule has 5 rings (SSSR count). The Balaban J connectivity index is 1.26. The van der Waals surface area contributed by atoms with Crippen molar-refractivity contribution >= 4 is 17.4 Å². The summed E-state index contributed by atoms with van der Waals surface area (Å²) in [5, 5.41) is 12.4. The van der Waals surface area contributed by atoms with Crippen LogP contribution in [-0.2, 0) is 27.3 Å². The van der Waals surface area contributed by atoms with Crippen LogP contribution in [0.15, 0.2) is 72.8 Å². The van der Waals surface area contributed by atoms with Gasteiger partial charge in [0.15, 0.2) is 12.1 Å². The molecule has 0 spiro atoms. The van der Waals surface area contributed by atoms with Crippen molar-refractivity contribution in [2.75, 3.05) is 25.0 Å². The maximum absolute atomic E-state index is 12.7. The van der Waals surface area contributed by atoms with E-state index in [0.717, 1.165) is 48.3 Å². The summed E-state index contributed by atoms with van der Waals surface area (Å²) in [6, 6.07) is 22.8. The van der Waals surface area contributed by atoms with Gasteiger partial charge in [-0.15, -0.1) is 0 Å². The number of nitrogens with zero attached hydrogens (tertiary/aromatic N) is 1. The normalized spacial score (nSPS) is 21.7.